The van der Waals surface area contributed by atoms with Crippen LogP contribution in [-0.2, 0) is 0 Å². The lowest BCUT2D eigenvalue weighted by Crippen LogP contribution is -2.09. The summed E-state index contributed by atoms with van der Waals surface area (Å²) in [5.41, 5.74) is 4.96. The number of rotatable bonds is 3. The van der Waals surface area contributed by atoms with E-state index >= 15 is 0 Å². The number of nitrogens with zero attached hydrogens (tertiary/aromatic N) is 2. The van der Waals surface area contributed by atoms with Crippen LogP contribution in [0.15, 0.2) is 106 Å². The van der Waals surface area contributed by atoms with Gasteiger partial charge in [-0.3, -0.25) is 0 Å². The predicted octanol–water partition coefficient (Wildman–Crippen LogP) is 7.48. The Hall–Kier alpha value is -2.87. The van der Waals surface area contributed by atoms with Crippen LogP contribution < -0.4 is 4.90 Å². The van der Waals surface area contributed by atoms with E-state index < -0.39 is 0 Å². The zero-order valence-corrected chi connectivity index (χ0v) is 18.6. The molecule has 29 heavy (non-hydrogen) atoms. The second-order valence-electron chi connectivity index (χ2n) is 6.30. The Balaban J connectivity index is 1.68. The molecular weight excluding hydrogens is 488 g/mol. The minimum atomic E-state index is 0.767. The summed E-state index contributed by atoms with van der Waals surface area (Å²) in [6.45, 7) is 0. The third-order valence-corrected chi connectivity index (χ3v) is 5.35. The van der Waals surface area contributed by atoms with Gasteiger partial charge in [-0.15, -0.1) is 0 Å². The SMILES string of the molecule is Brc1ccc(N(c2ccc(Br)cc2)c2ccc(C#Cc3ccccn3)cc2)cc1. The normalized spacial score (nSPS) is 10.1. The number of pyridine rings is 1. The highest BCUT2D eigenvalue weighted by molar-refractivity contribution is 9.10. The highest BCUT2D eigenvalue weighted by Crippen LogP contribution is 2.35. The fourth-order valence-electron chi connectivity index (χ4n) is 2.89. The van der Waals surface area contributed by atoms with Gasteiger partial charge in [0, 0.05) is 37.8 Å². The molecule has 0 aliphatic heterocycles. The Morgan fingerprint density at radius 3 is 1.59 bits per heavy atom. The maximum Gasteiger partial charge on any atom is 0.113 e. The molecule has 0 aliphatic carbocycles. The standard InChI is InChI=1S/C25H16Br2N2/c26-20-7-14-24(15-8-20)29(25-16-9-21(27)10-17-25)23-12-5-19(6-13-23)4-11-22-3-1-2-18-28-22/h1-3,5-10,12-18H. The highest BCUT2D eigenvalue weighted by Gasteiger charge is 2.12. The monoisotopic (exact) mass is 502 g/mol. The number of anilines is 3. The summed E-state index contributed by atoms with van der Waals surface area (Å²) in [4.78, 5) is 6.46. The van der Waals surface area contributed by atoms with Crippen molar-refractivity contribution in [2.24, 2.45) is 0 Å². The second kappa shape index (κ2) is 9.09. The first-order chi connectivity index (χ1) is 14.2. The van der Waals surface area contributed by atoms with Crippen molar-refractivity contribution in [2.75, 3.05) is 4.90 Å². The summed E-state index contributed by atoms with van der Waals surface area (Å²) in [7, 11) is 0. The van der Waals surface area contributed by atoms with Crippen molar-refractivity contribution < 1.29 is 0 Å². The van der Waals surface area contributed by atoms with Crippen molar-refractivity contribution in [3.05, 3.63) is 117 Å². The summed E-state index contributed by atoms with van der Waals surface area (Å²) in [6, 6.07) is 30.6. The quantitative estimate of drug-likeness (QED) is 0.269. The maximum atomic E-state index is 4.24. The third kappa shape index (κ3) is 4.95. The van der Waals surface area contributed by atoms with Crippen molar-refractivity contribution in [1.29, 1.82) is 0 Å². The van der Waals surface area contributed by atoms with Crippen molar-refractivity contribution in [1.82, 2.24) is 4.98 Å². The average molecular weight is 504 g/mol. The largest absolute Gasteiger partial charge is 0.311 e. The minimum Gasteiger partial charge on any atom is -0.311 e. The molecule has 4 heteroatoms. The first-order valence-corrected chi connectivity index (χ1v) is 10.6. The number of halogens is 2. The van der Waals surface area contributed by atoms with Crippen LogP contribution in [0.1, 0.15) is 11.3 Å². The Morgan fingerprint density at radius 2 is 1.10 bits per heavy atom. The van der Waals surface area contributed by atoms with Gasteiger partial charge in [-0.2, -0.15) is 0 Å². The molecule has 1 aromatic heterocycles. The van der Waals surface area contributed by atoms with Gasteiger partial charge in [0.2, 0.25) is 0 Å². The van der Waals surface area contributed by atoms with Crippen LogP contribution in [0.5, 0.6) is 0 Å². The molecule has 0 bridgehead atoms. The van der Waals surface area contributed by atoms with E-state index in [0.29, 0.717) is 0 Å². The molecule has 0 atom stereocenters. The molecule has 0 fully saturated rings. The number of hydrogen-bond acceptors (Lipinski definition) is 2. The molecule has 3 aromatic carbocycles. The number of hydrogen-bond donors (Lipinski definition) is 0. The lowest BCUT2D eigenvalue weighted by Gasteiger charge is -2.25. The molecule has 0 radical (unpaired) electrons. The van der Waals surface area contributed by atoms with Gasteiger partial charge in [-0.1, -0.05) is 43.8 Å². The molecule has 4 rings (SSSR count). The molecule has 0 spiro atoms. The third-order valence-electron chi connectivity index (χ3n) is 4.29. The van der Waals surface area contributed by atoms with Crippen LogP contribution in [0.2, 0.25) is 0 Å². The van der Waals surface area contributed by atoms with E-state index in [-0.39, 0.29) is 0 Å². The first kappa shape index (κ1) is 19.4. The van der Waals surface area contributed by atoms with Gasteiger partial charge >= 0.3 is 0 Å². The van der Waals surface area contributed by atoms with E-state index in [1.807, 2.05) is 54.6 Å². The second-order valence-corrected chi connectivity index (χ2v) is 8.13. The Bertz CT molecular complexity index is 1100. The first-order valence-electron chi connectivity index (χ1n) is 9.03. The molecule has 2 nitrogen and oxygen atoms in total. The Kier molecular flexibility index (Phi) is 6.09. The summed E-state index contributed by atoms with van der Waals surface area (Å²) < 4.78 is 2.11. The number of benzene rings is 3. The average Bonchev–Trinajstić information content (AvgIpc) is 2.77. The van der Waals surface area contributed by atoms with Gasteiger partial charge in [0.25, 0.3) is 0 Å². The van der Waals surface area contributed by atoms with E-state index in [2.05, 4.69) is 90.0 Å². The van der Waals surface area contributed by atoms with Gasteiger partial charge in [-0.05, 0) is 90.8 Å². The minimum absolute atomic E-state index is 0.767. The van der Waals surface area contributed by atoms with Crippen LogP contribution in [0, 0.1) is 11.8 Å². The highest BCUT2D eigenvalue weighted by atomic mass is 79.9. The van der Waals surface area contributed by atoms with E-state index in [1.165, 1.54) is 0 Å². The maximum absolute atomic E-state index is 4.24. The summed E-state index contributed by atoms with van der Waals surface area (Å²) in [5.74, 6) is 6.28. The molecule has 0 saturated heterocycles. The summed E-state index contributed by atoms with van der Waals surface area (Å²) >= 11 is 7.04. The van der Waals surface area contributed by atoms with Gasteiger partial charge in [0.05, 0.1) is 0 Å². The lowest BCUT2D eigenvalue weighted by molar-refractivity contribution is 1.28. The summed E-state index contributed by atoms with van der Waals surface area (Å²) in [6.07, 6.45) is 1.75. The zero-order valence-electron chi connectivity index (χ0n) is 15.4. The molecule has 140 valence electrons. The van der Waals surface area contributed by atoms with Gasteiger partial charge in [0.15, 0.2) is 0 Å². The van der Waals surface area contributed by atoms with Gasteiger partial charge in [0.1, 0.15) is 5.69 Å². The molecule has 0 saturated carbocycles. The smallest absolute Gasteiger partial charge is 0.113 e. The summed E-state index contributed by atoms with van der Waals surface area (Å²) in [5, 5.41) is 0. The number of aromatic nitrogens is 1. The van der Waals surface area contributed by atoms with Crippen LogP contribution in [0.3, 0.4) is 0 Å². The molecular formula is C25H16Br2N2. The fraction of sp³-hybridized carbons (Fsp3) is 0. The Labute approximate surface area is 187 Å². The van der Waals surface area contributed by atoms with Crippen molar-refractivity contribution in [2.45, 2.75) is 0 Å². The molecule has 4 aromatic rings. The molecule has 0 aliphatic rings. The molecule has 0 N–H and O–H groups in total. The van der Waals surface area contributed by atoms with Crippen molar-refractivity contribution >= 4 is 48.9 Å². The van der Waals surface area contributed by atoms with E-state index in [1.54, 1.807) is 6.20 Å². The molecule has 0 amide bonds. The predicted molar refractivity (Wildman–Crippen MR) is 127 cm³/mol. The fourth-order valence-corrected chi connectivity index (χ4v) is 3.42. The van der Waals surface area contributed by atoms with E-state index in [4.69, 9.17) is 0 Å². The van der Waals surface area contributed by atoms with Gasteiger partial charge < -0.3 is 4.90 Å². The van der Waals surface area contributed by atoms with Crippen LogP contribution >= 0.6 is 31.9 Å². The topological polar surface area (TPSA) is 16.1 Å². The van der Waals surface area contributed by atoms with Crippen LogP contribution in [0.4, 0.5) is 17.1 Å². The van der Waals surface area contributed by atoms with Crippen LogP contribution in [-0.4, -0.2) is 4.98 Å². The zero-order chi connectivity index (χ0) is 20.1. The van der Waals surface area contributed by atoms with Crippen molar-refractivity contribution in [3.63, 3.8) is 0 Å². The van der Waals surface area contributed by atoms with Crippen LogP contribution in [0.25, 0.3) is 0 Å². The Morgan fingerprint density at radius 1 is 0.586 bits per heavy atom. The van der Waals surface area contributed by atoms with E-state index in [9.17, 15) is 0 Å². The molecule has 0 unspecified atom stereocenters. The van der Waals surface area contributed by atoms with Crippen molar-refractivity contribution in [3.8, 4) is 11.8 Å². The van der Waals surface area contributed by atoms with Gasteiger partial charge in [-0.25, -0.2) is 4.98 Å². The molecule has 1 heterocycles. The van der Waals surface area contributed by atoms with E-state index in [0.717, 1.165) is 37.3 Å². The lowest BCUT2D eigenvalue weighted by atomic mass is 10.1.